The van der Waals surface area contributed by atoms with Crippen molar-refractivity contribution in [1.29, 1.82) is 0 Å². The van der Waals surface area contributed by atoms with Crippen molar-refractivity contribution in [1.82, 2.24) is 0 Å². The van der Waals surface area contributed by atoms with E-state index in [1.807, 2.05) is 32.9 Å². The molecule has 0 bridgehead atoms. The van der Waals surface area contributed by atoms with Gasteiger partial charge in [-0.2, -0.15) is 0 Å². The average molecular weight is 373 g/mol. The lowest BCUT2D eigenvalue weighted by Gasteiger charge is -2.10. The van der Waals surface area contributed by atoms with Gasteiger partial charge in [-0.3, -0.25) is 0 Å². The third-order valence-corrected chi connectivity index (χ3v) is 5.71. The van der Waals surface area contributed by atoms with E-state index in [1.165, 1.54) is 18.3 Å². The lowest BCUT2D eigenvalue weighted by Crippen LogP contribution is -2.17. The summed E-state index contributed by atoms with van der Waals surface area (Å²) in [7, 11) is -2.86. The summed E-state index contributed by atoms with van der Waals surface area (Å²) in [6.45, 7) is 5.99. The maximum Gasteiger partial charge on any atom is 0.351 e. The van der Waals surface area contributed by atoms with Crippen molar-refractivity contribution in [2.75, 3.05) is 12.4 Å². The van der Waals surface area contributed by atoms with Crippen LogP contribution in [0.15, 0.2) is 64.5 Å². The Balaban J connectivity index is 2.39. The maximum absolute atomic E-state index is 12.9. The van der Waals surface area contributed by atoms with Crippen LogP contribution >= 0.6 is 0 Å². The van der Waals surface area contributed by atoms with Gasteiger partial charge in [-0.05, 0) is 42.7 Å². The van der Waals surface area contributed by atoms with Gasteiger partial charge in [0.2, 0.25) is 9.84 Å². The van der Waals surface area contributed by atoms with Crippen LogP contribution < -0.4 is 5.32 Å². The molecule has 0 atom stereocenters. The second-order valence-corrected chi connectivity index (χ2v) is 8.16. The molecule has 2 rings (SSSR count). The fraction of sp³-hybridized carbons (Fsp3) is 0.250. The maximum atomic E-state index is 12.9. The second kappa shape index (κ2) is 8.19. The van der Waals surface area contributed by atoms with Crippen LogP contribution in [-0.4, -0.2) is 21.5 Å². The molecule has 0 fully saturated rings. The van der Waals surface area contributed by atoms with Crippen molar-refractivity contribution in [3.8, 4) is 0 Å². The highest BCUT2D eigenvalue weighted by Crippen LogP contribution is 2.23. The number of hydrogen-bond acceptors (Lipinski definition) is 5. The van der Waals surface area contributed by atoms with Crippen LogP contribution in [0.1, 0.15) is 30.9 Å². The Bertz CT molecular complexity index is 896. The molecule has 0 heterocycles. The summed E-state index contributed by atoms with van der Waals surface area (Å²) < 4.78 is 30.4. The van der Waals surface area contributed by atoms with Crippen molar-refractivity contribution >= 4 is 21.5 Å². The van der Waals surface area contributed by atoms with Crippen LogP contribution in [0.5, 0.6) is 0 Å². The van der Waals surface area contributed by atoms with Gasteiger partial charge in [0.1, 0.15) is 0 Å². The predicted octanol–water partition coefficient (Wildman–Crippen LogP) is 4.02. The van der Waals surface area contributed by atoms with Crippen LogP contribution in [0.3, 0.4) is 0 Å². The van der Waals surface area contributed by atoms with Gasteiger partial charge in [0.25, 0.3) is 0 Å². The summed E-state index contributed by atoms with van der Waals surface area (Å²) in [5.41, 5.74) is 2.76. The standard InChI is InChI=1S/C20H23NO4S/c1-14(2)16-7-11-18(12-8-16)26(23,24)19(20(22)25-4)13-21-17-9-5-15(3)6-10-17/h5-14,21H,1-4H3/b19-13-. The number of rotatable bonds is 6. The molecule has 0 amide bonds. The van der Waals surface area contributed by atoms with Gasteiger partial charge in [0.05, 0.1) is 12.0 Å². The largest absolute Gasteiger partial charge is 0.465 e. The molecule has 0 aliphatic heterocycles. The van der Waals surface area contributed by atoms with Gasteiger partial charge >= 0.3 is 5.97 Å². The van der Waals surface area contributed by atoms with E-state index < -0.39 is 20.7 Å². The number of ether oxygens (including phenoxy) is 1. The van der Waals surface area contributed by atoms with Crippen molar-refractivity contribution in [2.24, 2.45) is 0 Å². The highest BCUT2D eigenvalue weighted by atomic mass is 32.2. The first-order valence-electron chi connectivity index (χ1n) is 8.22. The zero-order valence-electron chi connectivity index (χ0n) is 15.3. The Kier molecular flexibility index (Phi) is 6.21. The van der Waals surface area contributed by atoms with E-state index in [1.54, 1.807) is 24.3 Å². The van der Waals surface area contributed by atoms with E-state index in [2.05, 4.69) is 10.1 Å². The Hall–Kier alpha value is -2.60. The molecule has 0 saturated carbocycles. The number of carbonyl (C=O) groups excluding carboxylic acids is 1. The van der Waals surface area contributed by atoms with Crippen LogP contribution in [0.2, 0.25) is 0 Å². The minimum Gasteiger partial charge on any atom is -0.465 e. The molecule has 0 saturated heterocycles. The smallest absolute Gasteiger partial charge is 0.351 e. The minimum atomic E-state index is -4.01. The Labute approximate surface area is 154 Å². The molecule has 0 aliphatic carbocycles. The molecule has 6 heteroatoms. The Morgan fingerprint density at radius 2 is 1.62 bits per heavy atom. The van der Waals surface area contributed by atoms with Gasteiger partial charge < -0.3 is 10.1 Å². The highest BCUT2D eigenvalue weighted by Gasteiger charge is 2.28. The third-order valence-electron chi connectivity index (χ3n) is 3.95. The lowest BCUT2D eigenvalue weighted by molar-refractivity contribution is -0.135. The van der Waals surface area contributed by atoms with Crippen molar-refractivity contribution in [2.45, 2.75) is 31.6 Å². The van der Waals surface area contributed by atoms with Gasteiger partial charge in [-0.1, -0.05) is 43.7 Å². The molecule has 0 aliphatic rings. The molecule has 0 aromatic heterocycles. The summed E-state index contributed by atoms with van der Waals surface area (Å²) in [6, 6.07) is 13.9. The number of methoxy groups -OCH3 is 1. The monoisotopic (exact) mass is 373 g/mol. The van der Waals surface area contributed by atoms with E-state index >= 15 is 0 Å². The molecule has 2 aromatic carbocycles. The number of hydrogen-bond donors (Lipinski definition) is 1. The molecule has 0 radical (unpaired) electrons. The summed E-state index contributed by atoms with van der Waals surface area (Å²) in [5, 5.41) is 2.85. The van der Waals surface area contributed by atoms with Gasteiger partial charge in [-0.15, -0.1) is 0 Å². The third kappa shape index (κ3) is 4.52. The molecule has 1 N–H and O–H groups in total. The lowest BCUT2D eigenvalue weighted by atomic mass is 10.0. The second-order valence-electron chi connectivity index (χ2n) is 6.24. The zero-order chi connectivity index (χ0) is 19.3. The topological polar surface area (TPSA) is 72.5 Å². The summed E-state index contributed by atoms with van der Waals surface area (Å²) >= 11 is 0. The number of esters is 1. The summed E-state index contributed by atoms with van der Waals surface area (Å²) in [5.74, 6) is -0.636. The predicted molar refractivity (Wildman–Crippen MR) is 103 cm³/mol. The molecule has 5 nitrogen and oxygen atoms in total. The van der Waals surface area contributed by atoms with Gasteiger partial charge in [0.15, 0.2) is 4.91 Å². The molecular weight excluding hydrogens is 350 g/mol. The normalized spacial score (nSPS) is 12.1. The fourth-order valence-electron chi connectivity index (χ4n) is 2.30. The van der Waals surface area contributed by atoms with Gasteiger partial charge in [0, 0.05) is 11.9 Å². The first-order chi connectivity index (χ1) is 12.3. The van der Waals surface area contributed by atoms with Crippen LogP contribution in [-0.2, 0) is 19.4 Å². The average Bonchev–Trinajstić information content (AvgIpc) is 2.63. The number of carbonyl (C=O) groups is 1. The fourth-order valence-corrected chi connectivity index (χ4v) is 3.57. The van der Waals surface area contributed by atoms with Crippen molar-refractivity contribution in [3.63, 3.8) is 0 Å². The van der Waals surface area contributed by atoms with E-state index in [4.69, 9.17) is 0 Å². The number of nitrogens with one attached hydrogen (secondary N) is 1. The molecule has 2 aromatic rings. The molecular formula is C20H23NO4S. The minimum absolute atomic E-state index is 0.0456. The van der Waals surface area contributed by atoms with Crippen LogP contribution in [0.4, 0.5) is 5.69 Å². The highest BCUT2D eigenvalue weighted by molar-refractivity contribution is 7.96. The molecule has 26 heavy (non-hydrogen) atoms. The SMILES string of the molecule is COC(=O)/C(=C/Nc1ccc(C)cc1)S(=O)(=O)c1ccc(C(C)C)cc1. The van der Waals surface area contributed by atoms with Crippen molar-refractivity contribution < 1.29 is 17.9 Å². The van der Waals surface area contributed by atoms with E-state index in [0.29, 0.717) is 5.69 Å². The summed E-state index contributed by atoms with van der Waals surface area (Å²) in [4.78, 5) is 11.7. The number of aryl methyl sites for hydroxylation is 1. The van der Waals surface area contributed by atoms with E-state index in [0.717, 1.165) is 18.2 Å². The van der Waals surface area contributed by atoms with Crippen LogP contribution in [0, 0.1) is 6.92 Å². The first-order valence-corrected chi connectivity index (χ1v) is 9.70. The van der Waals surface area contributed by atoms with Crippen molar-refractivity contribution in [3.05, 3.63) is 70.8 Å². The Morgan fingerprint density at radius 3 is 2.12 bits per heavy atom. The number of benzene rings is 2. The molecule has 138 valence electrons. The number of anilines is 1. The quantitative estimate of drug-likeness (QED) is 0.612. The van der Waals surface area contributed by atoms with Crippen LogP contribution in [0.25, 0.3) is 0 Å². The molecule has 0 unspecified atom stereocenters. The van der Waals surface area contributed by atoms with E-state index in [9.17, 15) is 13.2 Å². The van der Waals surface area contributed by atoms with Gasteiger partial charge in [-0.25, -0.2) is 13.2 Å². The molecule has 0 spiro atoms. The number of sulfone groups is 1. The first kappa shape index (κ1) is 19.7. The zero-order valence-corrected chi connectivity index (χ0v) is 16.1. The van der Waals surface area contributed by atoms with E-state index in [-0.39, 0.29) is 10.8 Å². The summed E-state index contributed by atoms with van der Waals surface area (Å²) in [6.07, 6.45) is 1.17. The Morgan fingerprint density at radius 1 is 1.04 bits per heavy atom.